The summed E-state index contributed by atoms with van der Waals surface area (Å²) >= 11 is 0. The first-order valence-electron chi connectivity index (χ1n) is 7.70. The Hall–Kier alpha value is -2.15. The summed E-state index contributed by atoms with van der Waals surface area (Å²) in [5.41, 5.74) is 2.56. The molecule has 0 bridgehead atoms. The lowest BCUT2D eigenvalue weighted by Crippen LogP contribution is -2.46. The van der Waals surface area contributed by atoms with Gasteiger partial charge in [0, 0.05) is 0 Å². The number of ketones is 1. The second-order valence-electron chi connectivity index (χ2n) is 6.56. The van der Waals surface area contributed by atoms with Crippen LogP contribution in [0.25, 0.3) is 0 Å². The van der Waals surface area contributed by atoms with Crippen LogP contribution in [0, 0.1) is 16.7 Å². The van der Waals surface area contributed by atoms with E-state index in [4.69, 9.17) is 0 Å². The van der Waals surface area contributed by atoms with E-state index in [9.17, 15) is 4.79 Å². The van der Waals surface area contributed by atoms with Gasteiger partial charge in [-0.3, -0.25) is 4.79 Å². The van der Waals surface area contributed by atoms with Crippen molar-refractivity contribution in [2.45, 2.75) is 12.8 Å². The van der Waals surface area contributed by atoms with Crippen molar-refractivity contribution in [2.24, 2.45) is 16.7 Å². The highest BCUT2D eigenvalue weighted by Crippen LogP contribution is 2.64. The van der Waals surface area contributed by atoms with Gasteiger partial charge in [-0.05, 0) is 35.5 Å². The molecule has 0 amide bonds. The molecule has 102 valence electrons. The summed E-state index contributed by atoms with van der Waals surface area (Å²) < 4.78 is 0. The molecule has 0 aromatic rings. The van der Waals surface area contributed by atoms with Crippen molar-refractivity contribution in [1.29, 1.82) is 0 Å². The molecule has 2 spiro atoms. The summed E-state index contributed by atoms with van der Waals surface area (Å²) in [6, 6.07) is 0. The van der Waals surface area contributed by atoms with Gasteiger partial charge in [-0.15, -0.1) is 0 Å². The smallest absolute Gasteiger partial charge is 0.175 e. The average molecular weight is 272 g/mol. The van der Waals surface area contributed by atoms with Crippen LogP contribution >= 0.6 is 0 Å². The fourth-order valence-electron chi connectivity index (χ4n) is 4.35. The maximum absolute atomic E-state index is 13.4. The van der Waals surface area contributed by atoms with Gasteiger partial charge in [-0.1, -0.05) is 66.8 Å². The molecule has 0 aromatic carbocycles. The Labute approximate surface area is 124 Å². The predicted octanol–water partition coefficient (Wildman–Crippen LogP) is 4.00. The molecular weight excluding hydrogens is 256 g/mol. The van der Waals surface area contributed by atoms with Crippen molar-refractivity contribution in [3.05, 3.63) is 83.6 Å². The highest BCUT2D eigenvalue weighted by atomic mass is 16.1. The molecule has 2 atom stereocenters. The van der Waals surface area contributed by atoms with Crippen LogP contribution in [0.1, 0.15) is 12.8 Å². The number of hydrogen-bond acceptors (Lipinski definition) is 1. The third-order valence-electron chi connectivity index (χ3n) is 5.54. The van der Waals surface area contributed by atoms with E-state index in [-0.39, 0.29) is 5.41 Å². The number of carbonyl (C=O) groups excluding carboxylic acids is 1. The molecule has 1 heteroatoms. The lowest BCUT2D eigenvalue weighted by molar-refractivity contribution is -0.123. The molecule has 5 aliphatic carbocycles. The topological polar surface area (TPSA) is 17.1 Å². The summed E-state index contributed by atoms with van der Waals surface area (Å²) in [5, 5.41) is 0. The van der Waals surface area contributed by atoms with Crippen LogP contribution in [0.5, 0.6) is 0 Å². The zero-order valence-electron chi connectivity index (χ0n) is 11.8. The van der Waals surface area contributed by atoms with E-state index in [0.717, 1.165) is 11.1 Å². The summed E-state index contributed by atoms with van der Waals surface area (Å²) in [7, 11) is 0. The van der Waals surface area contributed by atoms with Crippen molar-refractivity contribution >= 4 is 5.78 Å². The highest BCUT2D eigenvalue weighted by molar-refractivity contribution is 6.09. The molecule has 21 heavy (non-hydrogen) atoms. The fourth-order valence-corrected chi connectivity index (χ4v) is 4.35. The Bertz CT molecular complexity index is 767. The fraction of sp³-hybridized carbons (Fsp3) is 0.250. The zero-order valence-corrected chi connectivity index (χ0v) is 11.8. The molecular formula is C20H16O. The van der Waals surface area contributed by atoms with Crippen LogP contribution in [-0.2, 0) is 4.79 Å². The number of hydrogen-bond donors (Lipinski definition) is 0. The average Bonchev–Trinajstić information content (AvgIpc) is 3.28. The van der Waals surface area contributed by atoms with Crippen molar-refractivity contribution in [2.75, 3.05) is 0 Å². The van der Waals surface area contributed by atoms with E-state index < -0.39 is 5.41 Å². The van der Waals surface area contributed by atoms with Gasteiger partial charge in [-0.2, -0.15) is 0 Å². The highest BCUT2D eigenvalue weighted by Gasteiger charge is 2.61. The number of carbonyl (C=O) groups is 1. The van der Waals surface area contributed by atoms with E-state index in [0.29, 0.717) is 11.7 Å². The minimum atomic E-state index is -0.537. The van der Waals surface area contributed by atoms with Crippen LogP contribution in [0.3, 0.4) is 0 Å². The largest absolute Gasteiger partial charge is 0.293 e. The summed E-state index contributed by atoms with van der Waals surface area (Å²) in [6.07, 6.45) is 25.7. The van der Waals surface area contributed by atoms with Crippen molar-refractivity contribution < 1.29 is 4.79 Å². The molecule has 1 fully saturated rings. The lowest BCUT2D eigenvalue weighted by atomic mass is 9.54. The third-order valence-corrected chi connectivity index (χ3v) is 5.54. The van der Waals surface area contributed by atoms with E-state index in [1.165, 1.54) is 18.4 Å². The molecule has 0 saturated heterocycles. The van der Waals surface area contributed by atoms with Gasteiger partial charge in [0.05, 0.1) is 10.8 Å². The van der Waals surface area contributed by atoms with E-state index in [1.54, 1.807) is 0 Å². The summed E-state index contributed by atoms with van der Waals surface area (Å²) in [6.45, 7) is 0. The normalized spacial score (nSPS) is 38.5. The predicted molar refractivity (Wildman–Crippen MR) is 83.4 cm³/mol. The van der Waals surface area contributed by atoms with Gasteiger partial charge < -0.3 is 0 Å². The van der Waals surface area contributed by atoms with Gasteiger partial charge in [0.2, 0.25) is 0 Å². The first-order chi connectivity index (χ1) is 10.3. The minimum absolute atomic E-state index is 0.312. The van der Waals surface area contributed by atoms with Gasteiger partial charge in [0.25, 0.3) is 0 Å². The van der Waals surface area contributed by atoms with Gasteiger partial charge in [-0.25, -0.2) is 0 Å². The maximum atomic E-state index is 13.4. The maximum Gasteiger partial charge on any atom is 0.175 e. The number of rotatable bonds is 1. The molecule has 0 aliphatic heterocycles. The summed E-state index contributed by atoms with van der Waals surface area (Å²) in [5.74, 6) is 0.808. The van der Waals surface area contributed by atoms with Gasteiger partial charge in [0.15, 0.2) is 5.78 Å². The van der Waals surface area contributed by atoms with Crippen LogP contribution in [0.2, 0.25) is 0 Å². The SMILES string of the molecule is O=C1C(C2CC2)=CC=C2C=C3C=CC=CC34C=CC=CC124. The Morgan fingerprint density at radius 3 is 2.48 bits per heavy atom. The Morgan fingerprint density at radius 1 is 0.905 bits per heavy atom. The van der Waals surface area contributed by atoms with E-state index >= 15 is 0 Å². The van der Waals surface area contributed by atoms with Crippen molar-refractivity contribution in [3.63, 3.8) is 0 Å². The Morgan fingerprint density at radius 2 is 1.67 bits per heavy atom. The molecule has 0 aromatic heterocycles. The number of allylic oxidation sites excluding steroid dienone is 14. The van der Waals surface area contributed by atoms with Crippen LogP contribution in [0.4, 0.5) is 0 Å². The molecule has 5 rings (SSSR count). The lowest BCUT2D eigenvalue weighted by Gasteiger charge is -2.45. The van der Waals surface area contributed by atoms with Gasteiger partial charge in [0.1, 0.15) is 0 Å². The molecule has 0 radical (unpaired) electrons. The van der Waals surface area contributed by atoms with Crippen molar-refractivity contribution in [1.82, 2.24) is 0 Å². The van der Waals surface area contributed by atoms with Crippen LogP contribution < -0.4 is 0 Å². The third kappa shape index (κ3) is 1.17. The molecule has 1 nitrogen and oxygen atoms in total. The molecule has 5 aliphatic rings. The second kappa shape index (κ2) is 3.54. The summed E-state index contributed by atoms with van der Waals surface area (Å²) in [4.78, 5) is 13.4. The molecule has 0 heterocycles. The Kier molecular flexibility index (Phi) is 1.94. The first-order valence-corrected chi connectivity index (χ1v) is 7.70. The quantitative estimate of drug-likeness (QED) is 0.705. The monoisotopic (exact) mass is 272 g/mol. The zero-order chi connectivity index (χ0) is 14.1. The first kappa shape index (κ1) is 11.5. The standard InChI is InChI=1S/C20H16O/c21-18-17(14-6-7-14)9-8-16-13-15-5-1-2-10-19(15)11-3-4-12-20(16,18)19/h1-5,8-14H,6-7H2. The van der Waals surface area contributed by atoms with Crippen molar-refractivity contribution in [3.8, 4) is 0 Å². The van der Waals surface area contributed by atoms with Gasteiger partial charge >= 0.3 is 0 Å². The van der Waals surface area contributed by atoms with Crippen LogP contribution in [0.15, 0.2) is 83.6 Å². The van der Waals surface area contributed by atoms with E-state index in [1.807, 2.05) is 6.08 Å². The Balaban J connectivity index is 1.80. The number of Topliss-reactive ketones (excluding diaryl/α,β-unsaturated/α-hetero) is 1. The minimum Gasteiger partial charge on any atom is -0.293 e. The second-order valence-corrected chi connectivity index (χ2v) is 6.56. The molecule has 0 N–H and O–H groups in total. The molecule has 2 unspecified atom stereocenters. The van der Waals surface area contributed by atoms with E-state index in [2.05, 4.69) is 60.8 Å². The molecule has 1 saturated carbocycles. The van der Waals surface area contributed by atoms with Crippen LogP contribution in [-0.4, -0.2) is 5.78 Å².